The number of hydrogen-bond acceptors (Lipinski definition) is 6. The van der Waals surface area contributed by atoms with Gasteiger partial charge in [0, 0.05) is 23.5 Å². The van der Waals surface area contributed by atoms with Gasteiger partial charge in [0.2, 0.25) is 11.6 Å². The fourth-order valence-electron chi connectivity index (χ4n) is 5.36. The first-order valence-electron chi connectivity index (χ1n) is 12.2. The molecular weight excluding hydrogens is 442 g/mol. The fraction of sp³-hybridized carbons (Fsp3) is 0.462. The van der Waals surface area contributed by atoms with Crippen molar-refractivity contribution in [3.05, 3.63) is 41.2 Å². The standard InChI is InChI=1S/C26H33N7O2/c1-15(2)22-19-12-18(17-8-10-32(11-9-17)13-21(34)27-4)6-7-20(19)30-24(22)23-16(3)25(35-5)26-28-14-29-33(26)31-23/h6-7,12,14-15,17,30H,8-11,13H2,1-5H3,(H,27,34). The highest BCUT2D eigenvalue weighted by atomic mass is 16.5. The topological polar surface area (TPSA) is 100 Å². The lowest BCUT2D eigenvalue weighted by Gasteiger charge is -2.31. The van der Waals surface area contributed by atoms with Gasteiger partial charge in [0.1, 0.15) is 12.0 Å². The first-order chi connectivity index (χ1) is 16.9. The summed E-state index contributed by atoms with van der Waals surface area (Å²) < 4.78 is 7.22. The molecule has 1 aliphatic heterocycles. The van der Waals surface area contributed by atoms with Crippen LogP contribution in [0.3, 0.4) is 0 Å². The Morgan fingerprint density at radius 3 is 2.74 bits per heavy atom. The van der Waals surface area contributed by atoms with Gasteiger partial charge in [-0.25, -0.2) is 4.98 Å². The number of ether oxygens (including phenoxy) is 1. The summed E-state index contributed by atoms with van der Waals surface area (Å²) in [4.78, 5) is 21.9. The molecule has 1 fully saturated rings. The van der Waals surface area contributed by atoms with E-state index in [1.165, 1.54) is 27.5 Å². The van der Waals surface area contributed by atoms with E-state index in [9.17, 15) is 4.79 Å². The zero-order chi connectivity index (χ0) is 24.7. The molecule has 1 aromatic carbocycles. The van der Waals surface area contributed by atoms with Crippen LogP contribution in [0.15, 0.2) is 24.5 Å². The van der Waals surface area contributed by atoms with Gasteiger partial charge in [0.05, 0.1) is 19.3 Å². The summed E-state index contributed by atoms with van der Waals surface area (Å²) in [6, 6.07) is 6.79. The third-order valence-electron chi connectivity index (χ3n) is 7.21. The van der Waals surface area contributed by atoms with E-state index in [1.807, 2.05) is 6.92 Å². The van der Waals surface area contributed by atoms with Crippen LogP contribution in [0.2, 0.25) is 0 Å². The number of carbonyl (C=O) groups excluding carboxylic acids is 1. The normalized spacial score (nSPS) is 15.4. The zero-order valence-electron chi connectivity index (χ0n) is 21.1. The SMILES string of the molecule is CNC(=O)CN1CCC(c2ccc3[nH]c(-c4nn5ncnc5c(OC)c4C)c(C(C)C)c3c2)CC1. The van der Waals surface area contributed by atoms with Gasteiger partial charge in [0.25, 0.3) is 0 Å². The average molecular weight is 476 g/mol. The molecule has 0 saturated carbocycles. The minimum Gasteiger partial charge on any atom is -0.492 e. The summed E-state index contributed by atoms with van der Waals surface area (Å²) in [5.74, 6) is 1.55. The molecule has 0 bridgehead atoms. The van der Waals surface area contributed by atoms with Crippen molar-refractivity contribution in [3.63, 3.8) is 0 Å². The molecule has 184 valence electrons. The number of nitrogens with one attached hydrogen (secondary N) is 2. The quantitative estimate of drug-likeness (QED) is 0.442. The van der Waals surface area contributed by atoms with Gasteiger partial charge in [-0.05, 0) is 68.0 Å². The predicted octanol–water partition coefficient (Wildman–Crippen LogP) is 3.64. The second-order valence-corrected chi connectivity index (χ2v) is 9.68. The van der Waals surface area contributed by atoms with E-state index in [4.69, 9.17) is 9.84 Å². The van der Waals surface area contributed by atoms with E-state index in [1.54, 1.807) is 14.2 Å². The second-order valence-electron chi connectivity index (χ2n) is 9.68. The summed E-state index contributed by atoms with van der Waals surface area (Å²) in [6.45, 7) is 8.81. The average Bonchev–Trinajstić information content (AvgIpc) is 3.48. The van der Waals surface area contributed by atoms with E-state index < -0.39 is 0 Å². The van der Waals surface area contributed by atoms with Crippen molar-refractivity contribution >= 4 is 22.5 Å². The van der Waals surface area contributed by atoms with Crippen LogP contribution in [0, 0.1) is 6.92 Å². The van der Waals surface area contributed by atoms with Crippen molar-refractivity contribution in [2.45, 2.75) is 45.4 Å². The molecule has 0 radical (unpaired) electrons. The summed E-state index contributed by atoms with van der Waals surface area (Å²) in [5, 5.41) is 13.0. The number of H-pyrrole nitrogens is 1. The fourth-order valence-corrected chi connectivity index (χ4v) is 5.36. The van der Waals surface area contributed by atoms with Crippen LogP contribution in [-0.2, 0) is 4.79 Å². The Kier molecular flexibility index (Phi) is 6.19. The maximum atomic E-state index is 11.7. The largest absolute Gasteiger partial charge is 0.492 e. The number of hydrogen-bond donors (Lipinski definition) is 2. The molecule has 4 aromatic rings. The van der Waals surface area contributed by atoms with Gasteiger partial charge in [0.15, 0.2) is 5.75 Å². The van der Waals surface area contributed by atoms with Crippen LogP contribution in [-0.4, -0.2) is 69.4 Å². The smallest absolute Gasteiger partial charge is 0.233 e. The van der Waals surface area contributed by atoms with Crippen molar-refractivity contribution in [1.29, 1.82) is 0 Å². The summed E-state index contributed by atoms with van der Waals surface area (Å²) in [5.41, 5.74) is 7.08. The Morgan fingerprint density at radius 2 is 2.06 bits per heavy atom. The van der Waals surface area contributed by atoms with Crippen LogP contribution in [0.1, 0.15) is 55.2 Å². The second kappa shape index (κ2) is 9.30. The number of methoxy groups -OCH3 is 1. The Labute approximate surface area is 204 Å². The number of benzene rings is 1. The Balaban J connectivity index is 1.53. The van der Waals surface area contributed by atoms with E-state index >= 15 is 0 Å². The van der Waals surface area contributed by atoms with Crippen LogP contribution in [0.4, 0.5) is 0 Å². The number of likely N-dealkylation sites (N-methyl/N-ethyl adjacent to an activating group) is 1. The van der Waals surface area contributed by atoms with E-state index in [0.717, 1.165) is 48.4 Å². The van der Waals surface area contributed by atoms with Gasteiger partial charge in [-0.2, -0.15) is 0 Å². The predicted molar refractivity (Wildman–Crippen MR) is 136 cm³/mol. The minimum atomic E-state index is 0.0795. The lowest BCUT2D eigenvalue weighted by atomic mass is 9.87. The molecule has 0 atom stereocenters. The monoisotopic (exact) mass is 475 g/mol. The maximum Gasteiger partial charge on any atom is 0.233 e. The Bertz CT molecular complexity index is 1380. The third-order valence-corrected chi connectivity index (χ3v) is 7.21. The molecule has 9 heteroatoms. The van der Waals surface area contributed by atoms with Crippen LogP contribution in [0.5, 0.6) is 5.75 Å². The van der Waals surface area contributed by atoms with Crippen molar-refractivity contribution in [2.24, 2.45) is 0 Å². The number of aromatic amines is 1. The highest BCUT2D eigenvalue weighted by Gasteiger charge is 2.25. The van der Waals surface area contributed by atoms with E-state index in [-0.39, 0.29) is 5.91 Å². The molecule has 4 heterocycles. The third kappa shape index (κ3) is 4.14. The van der Waals surface area contributed by atoms with Gasteiger partial charge >= 0.3 is 0 Å². The number of fused-ring (bicyclic) bond motifs is 2. The van der Waals surface area contributed by atoms with Gasteiger partial charge < -0.3 is 15.0 Å². The number of nitrogens with zero attached hydrogens (tertiary/aromatic N) is 5. The lowest BCUT2D eigenvalue weighted by Crippen LogP contribution is -2.40. The lowest BCUT2D eigenvalue weighted by molar-refractivity contribution is -0.122. The van der Waals surface area contributed by atoms with Crippen molar-refractivity contribution in [2.75, 3.05) is 33.8 Å². The molecule has 35 heavy (non-hydrogen) atoms. The first kappa shape index (κ1) is 23.3. The number of rotatable bonds is 6. The highest BCUT2D eigenvalue weighted by molar-refractivity contribution is 5.92. The first-order valence-corrected chi connectivity index (χ1v) is 12.2. The maximum absolute atomic E-state index is 11.7. The molecule has 3 aromatic heterocycles. The molecule has 1 saturated heterocycles. The minimum absolute atomic E-state index is 0.0795. The van der Waals surface area contributed by atoms with Crippen molar-refractivity contribution in [1.82, 2.24) is 35.0 Å². The number of amides is 1. The van der Waals surface area contributed by atoms with Crippen molar-refractivity contribution < 1.29 is 9.53 Å². The summed E-state index contributed by atoms with van der Waals surface area (Å²) >= 11 is 0. The molecule has 5 rings (SSSR count). The molecule has 1 amide bonds. The molecule has 0 unspecified atom stereocenters. The van der Waals surface area contributed by atoms with Gasteiger partial charge in [-0.3, -0.25) is 9.69 Å². The van der Waals surface area contributed by atoms with Gasteiger partial charge in [-0.15, -0.1) is 14.8 Å². The number of likely N-dealkylation sites (tertiary alicyclic amines) is 1. The molecule has 2 N–H and O–H groups in total. The van der Waals surface area contributed by atoms with Crippen LogP contribution >= 0.6 is 0 Å². The molecule has 1 aliphatic rings. The number of carbonyl (C=O) groups is 1. The van der Waals surface area contributed by atoms with E-state index in [0.29, 0.717) is 29.8 Å². The highest BCUT2D eigenvalue weighted by Crippen LogP contribution is 2.40. The number of aromatic nitrogens is 5. The molecular formula is C26H33N7O2. The molecule has 9 nitrogen and oxygen atoms in total. The summed E-state index contributed by atoms with van der Waals surface area (Å²) in [6.07, 6.45) is 3.60. The van der Waals surface area contributed by atoms with Crippen LogP contribution < -0.4 is 10.1 Å². The van der Waals surface area contributed by atoms with Gasteiger partial charge in [-0.1, -0.05) is 19.9 Å². The molecule has 0 aliphatic carbocycles. The Hall–Kier alpha value is -3.46. The Morgan fingerprint density at radius 1 is 1.29 bits per heavy atom. The number of piperidine rings is 1. The molecule has 0 spiro atoms. The van der Waals surface area contributed by atoms with E-state index in [2.05, 4.69) is 57.3 Å². The zero-order valence-corrected chi connectivity index (χ0v) is 21.1. The van der Waals surface area contributed by atoms with Crippen LogP contribution in [0.25, 0.3) is 27.9 Å². The summed E-state index contributed by atoms with van der Waals surface area (Å²) in [7, 11) is 3.35. The van der Waals surface area contributed by atoms with Crippen molar-refractivity contribution in [3.8, 4) is 17.1 Å².